The molecule has 168 valence electrons. The van der Waals surface area contributed by atoms with E-state index in [1.54, 1.807) is 27.8 Å². The Kier molecular flexibility index (Phi) is 10.2. The number of anilines is 1. The average Bonchev–Trinajstić information content (AvgIpc) is 2.60. The van der Waals surface area contributed by atoms with Crippen molar-refractivity contribution in [2.24, 2.45) is 0 Å². The van der Waals surface area contributed by atoms with Gasteiger partial charge in [-0.05, 0) is 44.1 Å². The summed E-state index contributed by atoms with van der Waals surface area (Å²) < 4.78 is 53.0. The Morgan fingerprint density at radius 3 is 2.37 bits per heavy atom. The van der Waals surface area contributed by atoms with E-state index in [1.165, 1.54) is 35.6 Å². The number of methoxy groups -OCH3 is 1. The van der Waals surface area contributed by atoms with Gasteiger partial charge in [-0.2, -0.15) is 13.2 Å². The molecule has 7 nitrogen and oxygen atoms in total. The summed E-state index contributed by atoms with van der Waals surface area (Å²) in [5.74, 6) is 1.51. The van der Waals surface area contributed by atoms with Gasteiger partial charge >= 0.3 is 13.2 Å². The van der Waals surface area contributed by atoms with Crippen LogP contribution in [0.3, 0.4) is 0 Å². The van der Waals surface area contributed by atoms with Crippen LogP contribution in [0.15, 0.2) is 36.0 Å². The number of halogens is 3. The van der Waals surface area contributed by atoms with Crippen molar-refractivity contribution in [3.05, 3.63) is 41.6 Å². The number of carbonyl (C=O) groups excluding carboxylic acids is 1. The first kappa shape index (κ1) is 25.8. The minimum Gasteiger partial charge on any atom is -0.494 e. The number of rotatable bonds is 12. The molecule has 0 atom stereocenters. The zero-order valence-electron chi connectivity index (χ0n) is 17.5. The molecule has 0 aliphatic heterocycles. The molecule has 0 aromatic heterocycles. The van der Waals surface area contributed by atoms with Crippen LogP contribution in [0.25, 0.3) is 0 Å². The maximum absolute atomic E-state index is 12.4. The highest BCUT2D eigenvalue weighted by atomic mass is 19.4. The lowest BCUT2D eigenvalue weighted by Crippen LogP contribution is -2.47. The first-order valence-electron chi connectivity index (χ1n) is 9.27. The van der Waals surface area contributed by atoms with Crippen molar-refractivity contribution in [3.8, 4) is 0 Å². The summed E-state index contributed by atoms with van der Waals surface area (Å²) in [7, 11) is 1.55. The zero-order valence-corrected chi connectivity index (χ0v) is 17.5. The highest BCUT2D eigenvalue weighted by molar-refractivity contribution is 6.54. The van der Waals surface area contributed by atoms with Crippen LogP contribution in [0, 0.1) is 0 Å². The quantitative estimate of drug-likeness (QED) is 0.204. The molecule has 1 rings (SSSR count). The lowest BCUT2D eigenvalue weighted by atomic mass is 9.72. The second-order valence-electron chi connectivity index (χ2n) is 7.25. The Bertz CT molecular complexity index is 694. The van der Waals surface area contributed by atoms with Gasteiger partial charge in [0.15, 0.2) is 0 Å². The molecule has 3 N–H and O–H groups in total. The third kappa shape index (κ3) is 11.1. The summed E-state index contributed by atoms with van der Waals surface area (Å²) in [6.45, 7) is 5.27. The van der Waals surface area contributed by atoms with E-state index in [4.69, 9.17) is 14.2 Å². The summed E-state index contributed by atoms with van der Waals surface area (Å²) in [6, 6.07) is 4.95. The smallest absolute Gasteiger partial charge is 0.482 e. The molecule has 0 unspecified atom stereocenters. The highest BCUT2D eigenvalue weighted by Crippen LogP contribution is 2.20. The van der Waals surface area contributed by atoms with Gasteiger partial charge in [0.2, 0.25) is 0 Å². The SMILES string of the molecule is COCCO/C(=C\B(C)O)COCC(C)(C)NC(=O)c1ccc(NC(F)(F)F)cc1. The van der Waals surface area contributed by atoms with Gasteiger partial charge in [0.05, 0.1) is 18.8 Å². The summed E-state index contributed by atoms with van der Waals surface area (Å²) in [4.78, 5) is 12.4. The number of nitrogens with one attached hydrogen (secondary N) is 2. The fourth-order valence-corrected chi connectivity index (χ4v) is 2.35. The fraction of sp³-hybridized carbons (Fsp3) is 0.526. The summed E-state index contributed by atoms with van der Waals surface area (Å²) in [6.07, 6.45) is -4.54. The molecule has 0 aliphatic carbocycles. The van der Waals surface area contributed by atoms with Crippen molar-refractivity contribution >= 4 is 18.5 Å². The van der Waals surface area contributed by atoms with Gasteiger partial charge in [-0.25, -0.2) is 0 Å². The van der Waals surface area contributed by atoms with Crippen molar-refractivity contribution < 1.29 is 37.2 Å². The normalized spacial score (nSPS) is 12.5. The molecule has 0 radical (unpaired) electrons. The van der Waals surface area contributed by atoms with Gasteiger partial charge in [-0.15, -0.1) is 0 Å². The second kappa shape index (κ2) is 11.8. The molecule has 11 heteroatoms. The Hall–Kier alpha value is -2.24. The van der Waals surface area contributed by atoms with Gasteiger partial charge in [-0.1, -0.05) is 6.82 Å². The van der Waals surface area contributed by atoms with Crippen LogP contribution in [0.2, 0.25) is 6.82 Å². The number of amides is 1. The molecule has 0 saturated carbocycles. The molecular formula is C19H28BF3N2O5. The number of carbonyl (C=O) groups is 1. The van der Waals surface area contributed by atoms with Crippen molar-refractivity contribution in [2.45, 2.75) is 32.5 Å². The van der Waals surface area contributed by atoms with E-state index in [2.05, 4.69) is 5.32 Å². The molecule has 1 aromatic carbocycles. The Morgan fingerprint density at radius 2 is 1.83 bits per heavy atom. The zero-order chi connectivity index (χ0) is 22.8. The van der Waals surface area contributed by atoms with E-state index in [9.17, 15) is 23.0 Å². The maximum Gasteiger partial charge on any atom is 0.482 e. The third-order valence-corrected chi connectivity index (χ3v) is 3.59. The van der Waals surface area contributed by atoms with E-state index < -0.39 is 24.7 Å². The maximum atomic E-state index is 12.4. The molecule has 0 bridgehead atoms. The first-order chi connectivity index (χ1) is 13.9. The predicted molar refractivity (Wildman–Crippen MR) is 108 cm³/mol. The van der Waals surface area contributed by atoms with Crippen LogP contribution >= 0.6 is 0 Å². The standard InChI is InChI=1S/C19H28BF3N2O5/c1-18(2,13-29-12-16(11-20(3)27)30-10-9-28-4)25-17(26)14-5-7-15(8-6-14)24-19(21,22)23/h5-8,11,24,27H,9-10,12-13H2,1-4H3,(H,25,26)/b16-11-. The molecule has 0 saturated heterocycles. The van der Waals surface area contributed by atoms with Gasteiger partial charge in [0.1, 0.15) is 19.0 Å². The van der Waals surface area contributed by atoms with Gasteiger partial charge < -0.3 is 24.6 Å². The van der Waals surface area contributed by atoms with E-state index in [1.807, 2.05) is 0 Å². The highest BCUT2D eigenvalue weighted by Gasteiger charge is 2.27. The Balaban J connectivity index is 2.58. The number of benzene rings is 1. The first-order valence-corrected chi connectivity index (χ1v) is 9.27. The molecule has 0 aliphatic rings. The minimum absolute atomic E-state index is 0.0890. The van der Waals surface area contributed by atoms with E-state index in [0.29, 0.717) is 19.0 Å². The van der Waals surface area contributed by atoms with Crippen LogP contribution in [0.5, 0.6) is 0 Å². The van der Waals surface area contributed by atoms with Gasteiger partial charge in [0.25, 0.3) is 5.91 Å². The van der Waals surface area contributed by atoms with Crippen molar-refractivity contribution in [3.63, 3.8) is 0 Å². The van der Waals surface area contributed by atoms with Crippen LogP contribution in [0.4, 0.5) is 18.9 Å². The second-order valence-corrected chi connectivity index (χ2v) is 7.25. The van der Waals surface area contributed by atoms with Crippen LogP contribution in [-0.2, 0) is 14.2 Å². The molecule has 0 fully saturated rings. The molecule has 1 aromatic rings. The Morgan fingerprint density at radius 1 is 1.20 bits per heavy atom. The molecular weight excluding hydrogens is 404 g/mol. The molecule has 0 heterocycles. The van der Waals surface area contributed by atoms with E-state index in [-0.39, 0.29) is 24.5 Å². The summed E-state index contributed by atoms with van der Waals surface area (Å²) >= 11 is 0. The largest absolute Gasteiger partial charge is 0.494 e. The van der Waals surface area contributed by atoms with Gasteiger partial charge in [0, 0.05) is 18.4 Å². The minimum atomic E-state index is -4.54. The summed E-state index contributed by atoms with van der Waals surface area (Å²) in [5.41, 5.74) is -0.705. The summed E-state index contributed by atoms with van der Waals surface area (Å²) in [5, 5.41) is 13.6. The van der Waals surface area contributed by atoms with Crippen LogP contribution in [0.1, 0.15) is 24.2 Å². The average molecular weight is 432 g/mol. The van der Waals surface area contributed by atoms with Gasteiger partial charge in [-0.3, -0.25) is 10.1 Å². The van der Waals surface area contributed by atoms with Crippen LogP contribution < -0.4 is 10.6 Å². The lowest BCUT2D eigenvalue weighted by molar-refractivity contribution is -0.0999. The van der Waals surface area contributed by atoms with Crippen LogP contribution in [-0.4, -0.2) is 63.2 Å². The number of hydrogen-bond acceptors (Lipinski definition) is 6. The molecule has 1 amide bonds. The molecule has 0 spiro atoms. The Labute approximate surface area is 174 Å². The monoisotopic (exact) mass is 432 g/mol. The van der Waals surface area contributed by atoms with E-state index >= 15 is 0 Å². The lowest BCUT2D eigenvalue weighted by Gasteiger charge is -2.26. The number of hydrogen-bond donors (Lipinski definition) is 3. The number of ether oxygens (including phenoxy) is 3. The number of alkyl halides is 3. The van der Waals surface area contributed by atoms with Crippen molar-refractivity contribution in [2.75, 3.05) is 38.9 Å². The molecule has 30 heavy (non-hydrogen) atoms. The topological polar surface area (TPSA) is 89.1 Å². The van der Waals surface area contributed by atoms with Crippen molar-refractivity contribution in [1.29, 1.82) is 0 Å². The fourth-order valence-electron chi connectivity index (χ4n) is 2.35. The van der Waals surface area contributed by atoms with E-state index in [0.717, 1.165) is 0 Å². The third-order valence-electron chi connectivity index (χ3n) is 3.59. The predicted octanol–water partition coefficient (Wildman–Crippen LogP) is 2.84. The van der Waals surface area contributed by atoms with Crippen molar-refractivity contribution in [1.82, 2.24) is 5.32 Å².